The smallest absolute Gasteiger partial charge is 0.319 e. The maximum Gasteiger partial charge on any atom is 0.319 e. The lowest BCUT2D eigenvalue weighted by Crippen LogP contribution is -2.36. The van der Waals surface area contributed by atoms with Crippen molar-refractivity contribution in [2.45, 2.75) is 19.1 Å². The van der Waals surface area contributed by atoms with Crippen molar-refractivity contribution < 1.29 is 9.53 Å². The lowest BCUT2D eigenvalue weighted by atomic mass is 10.1. The number of aryl methyl sites for hydroxylation is 1. The Labute approximate surface area is 149 Å². The van der Waals surface area contributed by atoms with Crippen LogP contribution in [0.3, 0.4) is 0 Å². The summed E-state index contributed by atoms with van der Waals surface area (Å²) in [5, 5.41) is 9.99. The van der Waals surface area contributed by atoms with Gasteiger partial charge in [0.05, 0.1) is 18.3 Å². The number of carbonyl (C=O) groups excluding carboxylic acids is 1. The second kappa shape index (κ2) is 8.64. The molecule has 0 aliphatic heterocycles. The first kappa shape index (κ1) is 19.0. The summed E-state index contributed by atoms with van der Waals surface area (Å²) in [7, 11) is 7.50. The molecule has 0 fully saturated rings. The summed E-state index contributed by atoms with van der Waals surface area (Å²) in [6, 6.07) is 7.46. The van der Waals surface area contributed by atoms with Crippen LogP contribution in [0.4, 0.5) is 10.5 Å². The number of carbonyl (C=O) groups is 1. The molecule has 0 radical (unpaired) electrons. The Morgan fingerprint density at radius 2 is 2.12 bits per heavy atom. The van der Waals surface area contributed by atoms with Crippen LogP contribution in [0.1, 0.15) is 30.2 Å². The lowest BCUT2D eigenvalue weighted by molar-refractivity contribution is 0.119. The summed E-state index contributed by atoms with van der Waals surface area (Å²) >= 11 is 0. The van der Waals surface area contributed by atoms with Gasteiger partial charge < -0.3 is 20.3 Å². The molecule has 7 nitrogen and oxygen atoms in total. The SMILES string of the molecule is CO[C@@H](C)c1cccc(NC(=O)NC[C@@H](c2cnn(C)c2)N(C)C)c1. The Morgan fingerprint density at radius 1 is 1.36 bits per heavy atom. The summed E-state index contributed by atoms with van der Waals surface area (Å²) < 4.78 is 7.07. The van der Waals surface area contributed by atoms with Gasteiger partial charge in [-0.05, 0) is 38.7 Å². The van der Waals surface area contributed by atoms with Crippen molar-refractivity contribution in [1.29, 1.82) is 0 Å². The topological polar surface area (TPSA) is 71.4 Å². The van der Waals surface area contributed by atoms with Crippen molar-refractivity contribution in [3.05, 3.63) is 47.8 Å². The molecule has 0 saturated heterocycles. The molecule has 2 rings (SSSR count). The molecule has 0 aliphatic carbocycles. The number of aromatic nitrogens is 2. The summed E-state index contributed by atoms with van der Waals surface area (Å²) in [6.45, 7) is 2.45. The third-order valence-electron chi connectivity index (χ3n) is 4.16. The monoisotopic (exact) mass is 345 g/mol. The van der Waals surface area contributed by atoms with Crippen molar-refractivity contribution in [3.63, 3.8) is 0 Å². The molecule has 2 N–H and O–H groups in total. The minimum atomic E-state index is -0.238. The van der Waals surface area contributed by atoms with Gasteiger partial charge in [-0.1, -0.05) is 12.1 Å². The standard InChI is InChI=1S/C18H27N5O2/c1-13(25-5)14-7-6-8-16(9-14)21-18(24)19-11-17(22(2)3)15-10-20-23(4)12-15/h6-10,12-13,17H,11H2,1-5H3,(H2,19,21,24)/t13-,17-/m0/s1. The van der Waals surface area contributed by atoms with E-state index in [-0.39, 0.29) is 18.2 Å². The number of amides is 2. The normalized spacial score (nSPS) is 13.5. The van der Waals surface area contributed by atoms with E-state index in [2.05, 4.69) is 20.6 Å². The fourth-order valence-corrected chi connectivity index (χ4v) is 2.58. The molecule has 0 unspecified atom stereocenters. The fraction of sp³-hybridized carbons (Fsp3) is 0.444. The van der Waals surface area contributed by atoms with E-state index in [1.807, 2.05) is 64.7 Å². The van der Waals surface area contributed by atoms with Gasteiger partial charge in [0, 0.05) is 38.1 Å². The maximum absolute atomic E-state index is 12.2. The van der Waals surface area contributed by atoms with Crippen molar-refractivity contribution in [3.8, 4) is 0 Å². The Morgan fingerprint density at radius 3 is 2.72 bits per heavy atom. The van der Waals surface area contributed by atoms with Crippen molar-refractivity contribution in [1.82, 2.24) is 20.0 Å². The summed E-state index contributed by atoms with van der Waals surface area (Å²) in [4.78, 5) is 14.3. The Kier molecular flexibility index (Phi) is 6.55. The second-order valence-corrected chi connectivity index (χ2v) is 6.27. The summed E-state index contributed by atoms with van der Waals surface area (Å²) in [5.74, 6) is 0. The van der Waals surface area contributed by atoms with Crippen molar-refractivity contribution in [2.75, 3.05) is 33.1 Å². The number of hydrogen-bond acceptors (Lipinski definition) is 4. The highest BCUT2D eigenvalue weighted by molar-refractivity contribution is 5.89. The highest BCUT2D eigenvalue weighted by Crippen LogP contribution is 2.20. The Balaban J connectivity index is 1.95. The first-order valence-corrected chi connectivity index (χ1v) is 8.23. The van der Waals surface area contributed by atoms with Crippen LogP contribution in [0.5, 0.6) is 0 Å². The van der Waals surface area contributed by atoms with Crippen LogP contribution >= 0.6 is 0 Å². The van der Waals surface area contributed by atoms with Crippen LogP contribution in [0.15, 0.2) is 36.7 Å². The molecule has 2 atom stereocenters. The number of nitrogens with zero attached hydrogens (tertiary/aromatic N) is 3. The molecule has 0 saturated carbocycles. The van der Waals surface area contributed by atoms with Gasteiger partial charge in [0.1, 0.15) is 0 Å². The van der Waals surface area contributed by atoms with Crippen LogP contribution in [-0.4, -0.2) is 48.5 Å². The third kappa shape index (κ3) is 5.30. The molecule has 2 aromatic rings. The molecule has 0 spiro atoms. The number of ether oxygens (including phenoxy) is 1. The van der Waals surface area contributed by atoms with E-state index >= 15 is 0 Å². The largest absolute Gasteiger partial charge is 0.377 e. The van der Waals surface area contributed by atoms with Gasteiger partial charge in [0.2, 0.25) is 0 Å². The fourth-order valence-electron chi connectivity index (χ4n) is 2.58. The first-order chi connectivity index (χ1) is 11.9. The third-order valence-corrected chi connectivity index (χ3v) is 4.16. The number of anilines is 1. The van der Waals surface area contributed by atoms with Gasteiger partial charge in [-0.2, -0.15) is 5.10 Å². The van der Waals surface area contributed by atoms with E-state index < -0.39 is 0 Å². The molecule has 0 bridgehead atoms. The number of benzene rings is 1. The minimum absolute atomic E-state index is 0.0199. The van der Waals surface area contributed by atoms with E-state index in [0.717, 1.165) is 16.8 Å². The van der Waals surface area contributed by atoms with Gasteiger partial charge in [-0.3, -0.25) is 4.68 Å². The quantitative estimate of drug-likeness (QED) is 0.809. The number of methoxy groups -OCH3 is 1. The molecule has 136 valence electrons. The molecule has 1 heterocycles. The molecule has 0 aliphatic rings. The van der Waals surface area contributed by atoms with Crippen LogP contribution in [0.2, 0.25) is 0 Å². The molecule has 7 heteroatoms. The zero-order valence-corrected chi connectivity index (χ0v) is 15.5. The van der Waals surface area contributed by atoms with E-state index in [1.165, 1.54) is 0 Å². The zero-order chi connectivity index (χ0) is 18.4. The Bertz CT molecular complexity index is 698. The van der Waals surface area contributed by atoms with Crippen LogP contribution in [0, 0.1) is 0 Å². The van der Waals surface area contributed by atoms with E-state index in [9.17, 15) is 4.79 Å². The van der Waals surface area contributed by atoms with Crippen LogP contribution < -0.4 is 10.6 Å². The molecule has 25 heavy (non-hydrogen) atoms. The summed E-state index contributed by atoms with van der Waals surface area (Å²) in [6.07, 6.45) is 3.76. The average Bonchev–Trinajstić information content (AvgIpc) is 3.00. The molecule has 1 aromatic heterocycles. The minimum Gasteiger partial charge on any atom is -0.377 e. The van der Waals surface area contributed by atoms with E-state index in [0.29, 0.717) is 6.54 Å². The maximum atomic E-state index is 12.2. The van der Waals surface area contributed by atoms with Gasteiger partial charge in [-0.25, -0.2) is 4.79 Å². The first-order valence-electron chi connectivity index (χ1n) is 8.23. The highest BCUT2D eigenvalue weighted by Gasteiger charge is 2.17. The molecular weight excluding hydrogens is 318 g/mol. The second-order valence-electron chi connectivity index (χ2n) is 6.27. The molecule has 2 amide bonds. The number of nitrogens with one attached hydrogen (secondary N) is 2. The van der Waals surface area contributed by atoms with Crippen molar-refractivity contribution >= 4 is 11.7 Å². The van der Waals surface area contributed by atoms with Crippen LogP contribution in [0.25, 0.3) is 0 Å². The number of hydrogen-bond donors (Lipinski definition) is 2. The Hall–Kier alpha value is -2.38. The summed E-state index contributed by atoms with van der Waals surface area (Å²) in [5.41, 5.74) is 2.81. The number of rotatable bonds is 7. The predicted molar refractivity (Wildman–Crippen MR) is 98.5 cm³/mol. The average molecular weight is 345 g/mol. The van der Waals surface area contributed by atoms with E-state index in [4.69, 9.17) is 4.74 Å². The number of likely N-dealkylation sites (N-methyl/N-ethyl adjacent to an activating group) is 1. The lowest BCUT2D eigenvalue weighted by Gasteiger charge is -2.23. The van der Waals surface area contributed by atoms with Crippen molar-refractivity contribution in [2.24, 2.45) is 7.05 Å². The van der Waals surface area contributed by atoms with Gasteiger partial charge in [0.25, 0.3) is 0 Å². The zero-order valence-electron chi connectivity index (χ0n) is 15.5. The van der Waals surface area contributed by atoms with Crippen LogP contribution in [-0.2, 0) is 11.8 Å². The predicted octanol–water partition coefficient (Wildman–Crippen LogP) is 2.55. The van der Waals surface area contributed by atoms with Gasteiger partial charge in [0.15, 0.2) is 0 Å². The van der Waals surface area contributed by atoms with Gasteiger partial charge in [-0.15, -0.1) is 0 Å². The van der Waals surface area contributed by atoms with Gasteiger partial charge >= 0.3 is 6.03 Å². The number of urea groups is 1. The van der Waals surface area contributed by atoms with E-state index in [1.54, 1.807) is 11.8 Å². The molecular formula is C18H27N5O2. The molecule has 1 aromatic carbocycles. The highest BCUT2D eigenvalue weighted by atomic mass is 16.5.